The van der Waals surface area contributed by atoms with Crippen molar-refractivity contribution >= 4 is 0 Å². The van der Waals surface area contributed by atoms with E-state index in [1.807, 2.05) is 38.1 Å². The van der Waals surface area contributed by atoms with E-state index in [0.29, 0.717) is 18.5 Å². The van der Waals surface area contributed by atoms with Crippen molar-refractivity contribution in [3.63, 3.8) is 0 Å². The molecule has 0 bridgehead atoms. The predicted octanol–water partition coefficient (Wildman–Crippen LogP) is 8.33. The van der Waals surface area contributed by atoms with Crippen molar-refractivity contribution in [2.75, 3.05) is 20.7 Å². The molecule has 0 aliphatic carbocycles. The van der Waals surface area contributed by atoms with Gasteiger partial charge < -0.3 is 18.9 Å². The Labute approximate surface area is 303 Å². The van der Waals surface area contributed by atoms with Crippen LogP contribution in [0, 0.1) is 19.1 Å². The maximum absolute atomic E-state index is 5.52. The van der Waals surface area contributed by atoms with Gasteiger partial charge in [-0.25, -0.2) is 0 Å². The van der Waals surface area contributed by atoms with Gasteiger partial charge in [0.25, 0.3) is 0 Å². The minimum Gasteiger partial charge on any atom is -0.493 e. The molecule has 2 radical (unpaired) electrons. The second kappa shape index (κ2) is 21.3. The van der Waals surface area contributed by atoms with Crippen molar-refractivity contribution in [1.29, 1.82) is 0 Å². The number of ether oxygens (including phenoxy) is 4. The normalized spacial score (nSPS) is 10.3. The van der Waals surface area contributed by atoms with Gasteiger partial charge in [-0.1, -0.05) is 62.2 Å². The fourth-order valence-electron chi connectivity index (χ4n) is 3.82. The molecule has 4 rings (SSSR count). The van der Waals surface area contributed by atoms with Crippen LogP contribution in [-0.2, 0) is 87.7 Å². The van der Waals surface area contributed by atoms with Gasteiger partial charge in [0.2, 0.25) is 0 Å². The number of methoxy groups -OCH3 is 1. The van der Waals surface area contributed by atoms with Crippen LogP contribution in [0.1, 0.15) is 67.0 Å². The molecule has 42 heavy (non-hydrogen) atoms. The van der Waals surface area contributed by atoms with E-state index in [4.69, 9.17) is 18.9 Å². The second-order valence-electron chi connectivity index (χ2n) is 10.4. The van der Waals surface area contributed by atoms with Crippen LogP contribution in [0.4, 0.5) is 0 Å². The van der Waals surface area contributed by atoms with Gasteiger partial charge in [0.05, 0.1) is 6.10 Å². The van der Waals surface area contributed by atoms with Gasteiger partial charge in [-0.2, -0.15) is 53.1 Å². The van der Waals surface area contributed by atoms with E-state index in [0.717, 1.165) is 18.6 Å². The van der Waals surface area contributed by atoms with Crippen LogP contribution in [0.25, 0.3) is 0 Å². The Balaban J connectivity index is 0.000000401. The molecule has 0 heterocycles. The van der Waals surface area contributed by atoms with Crippen molar-refractivity contribution in [2.24, 2.45) is 0 Å². The quantitative estimate of drug-likeness (QED) is 0.109. The smallest absolute Gasteiger partial charge is 0.189 e. The Hall–Kier alpha value is -1.39. The monoisotopic (exact) mass is 716 g/mol. The average Bonchev–Trinajstić information content (AvgIpc) is 2.95. The number of hydrogen-bond acceptors (Lipinski definition) is 4. The molecule has 0 N–H and O–H groups in total. The van der Waals surface area contributed by atoms with Gasteiger partial charge in [0, 0.05) is 78.3 Å². The molecular formula is C36H42O4Y2-2. The summed E-state index contributed by atoms with van der Waals surface area (Å²) in [6.45, 7) is 11.0. The van der Waals surface area contributed by atoms with Crippen LogP contribution in [0.5, 0.6) is 11.5 Å². The first-order chi connectivity index (χ1) is 19.3. The van der Waals surface area contributed by atoms with Gasteiger partial charge in [0.1, 0.15) is 5.75 Å². The third-order valence-corrected chi connectivity index (χ3v) is 6.19. The molecule has 0 saturated heterocycles. The van der Waals surface area contributed by atoms with E-state index in [-0.39, 0.29) is 78.3 Å². The van der Waals surface area contributed by atoms with E-state index in [1.165, 1.54) is 33.4 Å². The van der Waals surface area contributed by atoms with Crippen molar-refractivity contribution < 1.29 is 84.4 Å². The molecule has 6 heteroatoms. The largest absolute Gasteiger partial charge is 0.493 e. The third kappa shape index (κ3) is 14.9. The Morgan fingerprint density at radius 3 is 1.67 bits per heavy atom. The summed E-state index contributed by atoms with van der Waals surface area (Å²) in [5.74, 6) is 2.07. The fourth-order valence-corrected chi connectivity index (χ4v) is 3.82. The summed E-state index contributed by atoms with van der Waals surface area (Å²) in [4.78, 5) is 0. The standard InChI is InChI=1S/C18H20O2.C18H22O2.2Y/c1-14(2)17-8-4-15(5-9-17)12-16-6-10-18(11-7-16)20-13-19-3;1-14(2)19-13-20-18-10-8-17(9-11-18)12-16-6-4-15(3)5-7-16;;/h4-8,10,14H,12-13H2,1-3H3;4-11,14H,12-13H2,1-3H3;;/q-2;;;. The van der Waals surface area contributed by atoms with Crippen LogP contribution in [0.2, 0.25) is 0 Å². The second-order valence-corrected chi connectivity index (χ2v) is 10.4. The minimum absolute atomic E-state index is 0. The summed E-state index contributed by atoms with van der Waals surface area (Å²) in [5.41, 5.74) is 7.62. The minimum atomic E-state index is 0. The van der Waals surface area contributed by atoms with Crippen LogP contribution in [-0.4, -0.2) is 26.8 Å². The molecule has 0 aromatic heterocycles. The SMILES string of the molecule is COCOc1[c-]cc(Cc2c[c-]c(C(C)C)cc2)cc1.Cc1ccc(Cc2ccc(OCOC(C)C)cc2)cc1.[Y].[Y]. The van der Waals surface area contributed by atoms with E-state index < -0.39 is 0 Å². The molecule has 0 atom stereocenters. The van der Waals surface area contributed by atoms with E-state index in [2.05, 4.69) is 93.6 Å². The van der Waals surface area contributed by atoms with Gasteiger partial charge in [0.15, 0.2) is 13.6 Å². The van der Waals surface area contributed by atoms with Crippen molar-refractivity contribution in [3.8, 4) is 11.5 Å². The molecule has 0 spiro atoms. The number of benzene rings is 4. The van der Waals surface area contributed by atoms with E-state index in [9.17, 15) is 0 Å². The van der Waals surface area contributed by atoms with Crippen LogP contribution >= 0.6 is 0 Å². The summed E-state index contributed by atoms with van der Waals surface area (Å²) in [5, 5.41) is 0. The zero-order valence-electron chi connectivity index (χ0n) is 25.9. The summed E-state index contributed by atoms with van der Waals surface area (Å²) in [6, 6.07) is 35.6. The zero-order valence-corrected chi connectivity index (χ0v) is 31.5. The van der Waals surface area contributed by atoms with Crippen molar-refractivity contribution in [1.82, 2.24) is 0 Å². The topological polar surface area (TPSA) is 36.9 Å². The van der Waals surface area contributed by atoms with Crippen LogP contribution < -0.4 is 9.47 Å². The Morgan fingerprint density at radius 1 is 0.619 bits per heavy atom. The van der Waals surface area contributed by atoms with Crippen molar-refractivity contribution in [3.05, 3.63) is 130 Å². The number of hydrogen-bond donors (Lipinski definition) is 0. The van der Waals surface area contributed by atoms with E-state index in [1.54, 1.807) is 7.11 Å². The maximum atomic E-state index is 5.52. The van der Waals surface area contributed by atoms with Gasteiger partial charge in [-0.15, -0.1) is 12.1 Å². The molecule has 0 aliphatic heterocycles. The van der Waals surface area contributed by atoms with Gasteiger partial charge in [-0.3, -0.25) is 0 Å². The molecule has 0 aliphatic rings. The fraction of sp³-hybridized carbons (Fsp3) is 0.333. The molecular weight excluding hydrogens is 674 g/mol. The van der Waals surface area contributed by atoms with Crippen molar-refractivity contribution in [2.45, 2.75) is 59.5 Å². The van der Waals surface area contributed by atoms with Crippen LogP contribution in [0.15, 0.2) is 84.9 Å². The van der Waals surface area contributed by atoms with E-state index >= 15 is 0 Å². The van der Waals surface area contributed by atoms with Crippen LogP contribution in [0.3, 0.4) is 0 Å². The summed E-state index contributed by atoms with van der Waals surface area (Å²) in [6.07, 6.45) is 2.02. The average molecular weight is 717 g/mol. The Morgan fingerprint density at radius 2 is 1.17 bits per heavy atom. The number of rotatable bonds is 12. The summed E-state index contributed by atoms with van der Waals surface area (Å²) >= 11 is 0. The summed E-state index contributed by atoms with van der Waals surface area (Å²) < 4.78 is 21.1. The summed E-state index contributed by atoms with van der Waals surface area (Å²) in [7, 11) is 1.60. The molecule has 4 aromatic rings. The first-order valence-electron chi connectivity index (χ1n) is 13.8. The molecule has 4 nitrogen and oxygen atoms in total. The number of aryl methyl sites for hydroxylation is 1. The zero-order chi connectivity index (χ0) is 28.7. The first kappa shape index (κ1) is 38.6. The molecule has 0 saturated carbocycles. The molecule has 0 fully saturated rings. The third-order valence-electron chi connectivity index (χ3n) is 6.19. The van der Waals surface area contributed by atoms with Gasteiger partial charge in [-0.05, 0) is 56.4 Å². The Bertz CT molecular complexity index is 1240. The van der Waals surface area contributed by atoms with Gasteiger partial charge >= 0.3 is 0 Å². The molecule has 0 unspecified atom stereocenters. The maximum Gasteiger partial charge on any atom is 0.189 e. The predicted molar refractivity (Wildman–Crippen MR) is 162 cm³/mol. The first-order valence-corrected chi connectivity index (χ1v) is 13.8. The molecule has 0 amide bonds. The molecule has 4 aromatic carbocycles. The Kier molecular flexibility index (Phi) is 19.6. The molecule has 218 valence electrons.